The Morgan fingerprint density at radius 1 is 0.971 bits per heavy atom. The molecular weight excluding hydrogens is 428 g/mol. The van der Waals surface area contributed by atoms with Crippen LogP contribution in [0.15, 0.2) is 48.5 Å². The van der Waals surface area contributed by atoms with Gasteiger partial charge in [0.2, 0.25) is 0 Å². The summed E-state index contributed by atoms with van der Waals surface area (Å²) in [4.78, 5) is 4.97. The average molecular weight is 465 g/mol. The minimum Gasteiger partial charge on any atom is -0.497 e. The maximum absolute atomic E-state index is 5.80. The van der Waals surface area contributed by atoms with Crippen molar-refractivity contribution in [3.63, 3.8) is 0 Å². The second-order valence-electron chi connectivity index (χ2n) is 9.42. The largest absolute Gasteiger partial charge is 0.497 e. The molecule has 0 amide bonds. The van der Waals surface area contributed by atoms with E-state index in [1.54, 1.807) is 14.2 Å². The molecule has 34 heavy (non-hydrogen) atoms. The molecule has 0 saturated carbocycles. The van der Waals surface area contributed by atoms with Crippen LogP contribution in [0, 0.1) is 0 Å². The van der Waals surface area contributed by atoms with Crippen molar-refractivity contribution in [3.05, 3.63) is 65.5 Å². The van der Waals surface area contributed by atoms with Gasteiger partial charge < -0.3 is 9.47 Å². The molecule has 1 aliphatic heterocycles. The number of aromatic nitrogens is 4. The first-order chi connectivity index (χ1) is 16.5. The molecule has 182 valence electrons. The van der Waals surface area contributed by atoms with Crippen LogP contribution in [-0.2, 0) is 12.1 Å². The van der Waals surface area contributed by atoms with Crippen molar-refractivity contribution in [1.82, 2.24) is 30.0 Å². The van der Waals surface area contributed by atoms with E-state index < -0.39 is 0 Å². The SMILES string of the molecule is CCC(C)(C)n1nnnc1[C@H](c1cc(OC)ccc1OC)N1CCN(Cc2ccccc2)CC1. The quantitative estimate of drug-likeness (QED) is 0.478. The van der Waals surface area contributed by atoms with Crippen LogP contribution in [0.3, 0.4) is 0 Å². The minimum absolute atomic E-state index is 0.148. The van der Waals surface area contributed by atoms with Crippen LogP contribution in [0.5, 0.6) is 11.5 Å². The summed E-state index contributed by atoms with van der Waals surface area (Å²) in [5.41, 5.74) is 2.15. The van der Waals surface area contributed by atoms with E-state index >= 15 is 0 Å². The fourth-order valence-electron chi connectivity index (χ4n) is 4.52. The number of rotatable bonds is 9. The van der Waals surface area contributed by atoms with Crippen molar-refractivity contribution in [2.45, 2.75) is 45.3 Å². The third-order valence-electron chi connectivity index (χ3n) is 6.93. The fraction of sp³-hybridized carbons (Fsp3) is 0.500. The predicted octanol–water partition coefficient (Wildman–Crippen LogP) is 3.74. The Morgan fingerprint density at radius 2 is 1.71 bits per heavy atom. The fourth-order valence-corrected chi connectivity index (χ4v) is 4.52. The number of methoxy groups -OCH3 is 2. The van der Waals surface area contributed by atoms with E-state index in [0.717, 1.165) is 62.0 Å². The topological polar surface area (TPSA) is 68.5 Å². The average Bonchev–Trinajstić information content (AvgIpc) is 3.36. The maximum atomic E-state index is 5.80. The van der Waals surface area contributed by atoms with Crippen LogP contribution in [0.1, 0.15) is 50.2 Å². The van der Waals surface area contributed by atoms with Crippen molar-refractivity contribution in [1.29, 1.82) is 0 Å². The third kappa shape index (κ3) is 5.08. The first-order valence-electron chi connectivity index (χ1n) is 12.0. The molecule has 0 unspecified atom stereocenters. The summed E-state index contributed by atoms with van der Waals surface area (Å²) >= 11 is 0. The second-order valence-corrected chi connectivity index (χ2v) is 9.42. The molecule has 0 bridgehead atoms. The Hall–Kier alpha value is -2.97. The lowest BCUT2D eigenvalue weighted by Gasteiger charge is -2.40. The van der Waals surface area contributed by atoms with E-state index in [2.05, 4.69) is 82.5 Å². The molecule has 1 saturated heterocycles. The van der Waals surface area contributed by atoms with Gasteiger partial charge in [0, 0.05) is 38.3 Å². The number of nitrogens with zero attached hydrogens (tertiary/aromatic N) is 6. The van der Waals surface area contributed by atoms with Crippen LogP contribution in [0.25, 0.3) is 0 Å². The molecule has 3 aromatic rings. The van der Waals surface area contributed by atoms with Crippen LogP contribution in [0.4, 0.5) is 0 Å². The van der Waals surface area contributed by atoms with Gasteiger partial charge in [-0.1, -0.05) is 37.3 Å². The van der Waals surface area contributed by atoms with Gasteiger partial charge in [0.25, 0.3) is 0 Å². The lowest BCUT2D eigenvalue weighted by Crippen LogP contribution is -2.48. The molecule has 2 aromatic carbocycles. The van der Waals surface area contributed by atoms with Gasteiger partial charge in [-0.2, -0.15) is 0 Å². The van der Waals surface area contributed by atoms with E-state index in [4.69, 9.17) is 9.47 Å². The van der Waals surface area contributed by atoms with E-state index in [1.165, 1.54) is 5.56 Å². The monoisotopic (exact) mass is 464 g/mol. The summed E-state index contributed by atoms with van der Waals surface area (Å²) < 4.78 is 13.3. The standard InChI is InChI=1S/C26H36N6O2/c1-6-26(2,3)32-25(27-28-29-32)24(22-18-21(33-4)12-13-23(22)34-5)31-16-14-30(15-17-31)19-20-10-8-7-9-11-20/h7-13,18,24H,6,14-17,19H2,1-5H3/t24-/m0/s1. The minimum atomic E-state index is -0.210. The first-order valence-corrected chi connectivity index (χ1v) is 12.0. The van der Waals surface area contributed by atoms with E-state index in [9.17, 15) is 0 Å². The summed E-state index contributed by atoms with van der Waals surface area (Å²) in [7, 11) is 3.40. The zero-order valence-corrected chi connectivity index (χ0v) is 20.9. The highest BCUT2D eigenvalue weighted by Crippen LogP contribution is 2.38. The summed E-state index contributed by atoms with van der Waals surface area (Å²) in [5, 5.41) is 13.1. The number of tetrazole rings is 1. The number of ether oxygens (including phenoxy) is 2. The molecule has 0 N–H and O–H groups in total. The van der Waals surface area contributed by atoms with Crippen molar-refractivity contribution in [2.24, 2.45) is 0 Å². The van der Waals surface area contributed by atoms with E-state index in [0.29, 0.717) is 0 Å². The lowest BCUT2D eigenvalue weighted by atomic mass is 9.98. The third-order valence-corrected chi connectivity index (χ3v) is 6.93. The highest BCUT2D eigenvalue weighted by Gasteiger charge is 2.35. The van der Waals surface area contributed by atoms with Crippen LogP contribution < -0.4 is 9.47 Å². The van der Waals surface area contributed by atoms with Crippen LogP contribution >= 0.6 is 0 Å². The van der Waals surface area contributed by atoms with Crippen molar-refractivity contribution >= 4 is 0 Å². The second kappa shape index (κ2) is 10.5. The molecule has 4 rings (SSSR count). The lowest BCUT2D eigenvalue weighted by molar-refractivity contribution is 0.0962. The van der Waals surface area contributed by atoms with Gasteiger partial charge in [-0.05, 0) is 54.5 Å². The van der Waals surface area contributed by atoms with Crippen molar-refractivity contribution in [2.75, 3.05) is 40.4 Å². The highest BCUT2D eigenvalue weighted by molar-refractivity contribution is 5.44. The molecule has 2 heterocycles. The number of piperazine rings is 1. The molecule has 0 aliphatic carbocycles. The molecule has 1 atom stereocenters. The van der Waals surface area contributed by atoms with Crippen LogP contribution in [-0.4, -0.2) is 70.4 Å². The molecular formula is C26H36N6O2. The normalized spacial score (nSPS) is 16.4. The summed E-state index contributed by atoms with van der Waals surface area (Å²) in [6.45, 7) is 11.2. The predicted molar refractivity (Wildman–Crippen MR) is 132 cm³/mol. The Morgan fingerprint density at radius 3 is 2.35 bits per heavy atom. The van der Waals surface area contributed by atoms with Crippen molar-refractivity contribution < 1.29 is 9.47 Å². The first kappa shape index (κ1) is 24.2. The van der Waals surface area contributed by atoms with Gasteiger partial charge in [0.15, 0.2) is 5.82 Å². The number of hydrogen-bond acceptors (Lipinski definition) is 7. The zero-order valence-electron chi connectivity index (χ0n) is 20.9. The number of benzene rings is 2. The van der Waals surface area contributed by atoms with E-state index in [1.807, 2.05) is 16.8 Å². The van der Waals surface area contributed by atoms with Crippen molar-refractivity contribution in [3.8, 4) is 11.5 Å². The summed E-state index contributed by atoms with van der Waals surface area (Å²) in [6.07, 6.45) is 0.915. The molecule has 8 nitrogen and oxygen atoms in total. The van der Waals surface area contributed by atoms with Gasteiger partial charge in [0.05, 0.1) is 19.8 Å². The molecule has 8 heteroatoms. The van der Waals surface area contributed by atoms with Gasteiger partial charge in [-0.15, -0.1) is 5.10 Å². The molecule has 0 spiro atoms. The van der Waals surface area contributed by atoms with Gasteiger partial charge in [-0.3, -0.25) is 9.80 Å². The Labute approximate surface area is 202 Å². The number of hydrogen-bond donors (Lipinski definition) is 0. The molecule has 1 aromatic heterocycles. The van der Waals surface area contributed by atoms with Gasteiger partial charge in [0.1, 0.15) is 17.5 Å². The summed E-state index contributed by atoms with van der Waals surface area (Å²) in [5.74, 6) is 2.42. The Kier molecular flexibility index (Phi) is 7.48. The maximum Gasteiger partial charge on any atom is 0.173 e. The van der Waals surface area contributed by atoms with E-state index in [-0.39, 0.29) is 11.6 Å². The van der Waals surface area contributed by atoms with Gasteiger partial charge in [-0.25, -0.2) is 4.68 Å². The van der Waals surface area contributed by atoms with Gasteiger partial charge >= 0.3 is 0 Å². The Bertz CT molecular complexity index is 1060. The molecule has 1 fully saturated rings. The molecule has 1 aliphatic rings. The van der Waals surface area contributed by atoms with Crippen LogP contribution in [0.2, 0.25) is 0 Å². The summed E-state index contributed by atoms with van der Waals surface area (Å²) in [6, 6.07) is 16.5. The smallest absolute Gasteiger partial charge is 0.173 e. The Balaban J connectivity index is 1.67. The zero-order chi connectivity index (χ0) is 24.1. The molecule has 0 radical (unpaired) electrons. The highest BCUT2D eigenvalue weighted by atomic mass is 16.5.